The molecule has 0 aliphatic carbocycles. The molecule has 108 valence electrons. The van der Waals surface area contributed by atoms with Crippen molar-refractivity contribution < 1.29 is 9.59 Å². The van der Waals surface area contributed by atoms with Crippen molar-refractivity contribution in [3.05, 3.63) is 0 Å². The number of rotatable bonds is 2. The van der Waals surface area contributed by atoms with E-state index in [-0.39, 0.29) is 17.9 Å². The Kier molecular flexibility index (Phi) is 4.45. The van der Waals surface area contributed by atoms with Crippen LogP contribution in [0.5, 0.6) is 0 Å². The van der Waals surface area contributed by atoms with E-state index in [2.05, 4.69) is 10.6 Å². The molecule has 2 rings (SSSR count). The van der Waals surface area contributed by atoms with Gasteiger partial charge in [-0.25, -0.2) is 0 Å². The van der Waals surface area contributed by atoms with Crippen LogP contribution in [-0.4, -0.2) is 49.4 Å². The molecule has 2 amide bonds. The molecule has 0 aromatic heterocycles. The van der Waals surface area contributed by atoms with E-state index < -0.39 is 5.41 Å². The minimum absolute atomic E-state index is 0.0385. The summed E-state index contributed by atoms with van der Waals surface area (Å²) >= 11 is 0. The molecule has 2 atom stereocenters. The van der Waals surface area contributed by atoms with Crippen molar-refractivity contribution in [2.24, 2.45) is 5.41 Å². The van der Waals surface area contributed by atoms with E-state index in [0.29, 0.717) is 13.1 Å². The van der Waals surface area contributed by atoms with Gasteiger partial charge in [-0.05, 0) is 32.7 Å². The van der Waals surface area contributed by atoms with Gasteiger partial charge >= 0.3 is 0 Å². The van der Waals surface area contributed by atoms with Gasteiger partial charge in [0.05, 0.1) is 11.5 Å². The first-order valence-electron chi connectivity index (χ1n) is 7.31. The van der Waals surface area contributed by atoms with Crippen molar-refractivity contribution in [2.45, 2.75) is 45.1 Å². The third-order valence-electron chi connectivity index (χ3n) is 4.42. The molecule has 2 aliphatic rings. The second-order valence-corrected chi connectivity index (χ2v) is 6.01. The molecule has 2 unspecified atom stereocenters. The molecule has 2 aliphatic heterocycles. The quantitative estimate of drug-likeness (QED) is 0.766. The fourth-order valence-electron chi connectivity index (χ4n) is 3.10. The third-order valence-corrected chi connectivity index (χ3v) is 4.42. The van der Waals surface area contributed by atoms with Crippen molar-refractivity contribution in [2.75, 3.05) is 26.7 Å². The van der Waals surface area contributed by atoms with Gasteiger partial charge in [0.25, 0.3) is 0 Å². The summed E-state index contributed by atoms with van der Waals surface area (Å²) in [5, 5.41) is 6.04. The first-order chi connectivity index (χ1) is 9.07. The van der Waals surface area contributed by atoms with E-state index in [1.807, 2.05) is 11.8 Å². The van der Waals surface area contributed by atoms with Crippen LogP contribution in [-0.2, 0) is 9.59 Å². The number of hydrogen-bond donors (Lipinski definition) is 2. The zero-order valence-electron chi connectivity index (χ0n) is 12.0. The van der Waals surface area contributed by atoms with Gasteiger partial charge in [0.2, 0.25) is 11.8 Å². The molecule has 0 saturated carbocycles. The zero-order valence-corrected chi connectivity index (χ0v) is 12.0. The maximum Gasteiger partial charge on any atom is 0.239 e. The summed E-state index contributed by atoms with van der Waals surface area (Å²) in [6, 6.07) is -0.0467. The Morgan fingerprint density at radius 2 is 2.11 bits per heavy atom. The molecule has 2 saturated heterocycles. The van der Waals surface area contributed by atoms with Crippen LogP contribution < -0.4 is 10.6 Å². The highest BCUT2D eigenvalue weighted by Gasteiger charge is 2.42. The molecule has 2 heterocycles. The van der Waals surface area contributed by atoms with Crippen LogP contribution in [0.15, 0.2) is 0 Å². The minimum atomic E-state index is -0.421. The zero-order chi connectivity index (χ0) is 13.9. The van der Waals surface area contributed by atoms with Crippen LogP contribution in [0.2, 0.25) is 0 Å². The Morgan fingerprint density at radius 1 is 1.32 bits per heavy atom. The van der Waals surface area contributed by atoms with Crippen LogP contribution in [0, 0.1) is 5.41 Å². The maximum atomic E-state index is 12.5. The summed E-state index contributed by atoms with van der Waals surface area (Å²) in [7, 11) is 1.66. The highest BCUT2D eigenvalue weighted by Crippen LogP contribution is 2.30. The van der Waals surface area contributed by atoms with E-state index in [9.17, 15) is 9.59 Å². The number of nitrogens with zero attached hydrogens (tertiary/aromatic N) is 1. The summed E-state index contributed by atoms with van der Waals surface area (Å²) in [5.74, 6) is 0.214. The van der Waals surface area contributed by atoms with Gasteiger partial charge in [-0.15, -0.1) is 0 Å². The van der Waals surface area contributed by atoms with Gasteiger partial charge in [-0.2, -0.15) is 0 Å². The highest BCUT2D eigenvalue weighted by molar-refractivity contribution is 5.86. The van der Waals surface area contributed by atoms with E-state index in [4.69, 9.17) is 0 Å². The molecular formula is C14H25N3O2. The fourth-order valence-corrected chi connectivity index (χ4v) is 3.10. The highest BCUT2D eigenvalue weighted by atomic mass is 16.2. The predicted octanol–water partition coefficient (Wildman–Crippen LogP) is 0.503. The molecule has 0 radical (unpaired) electrons. The molecule has 5 nitrogen and oxygen atoms in total. The van der Waals surface area contributed by atoms with Gasteiger partial charge in [0.1, 0.15) is 0 Å². The number of carbonyl (C=O) groups excluding carboxylic acids is 2. The summed E-state index contributed by atoms with van der Waals surface area (Å²) in [4.78, 5) is 26.2. The van der Waals surface area contributed by atoms with Gasteiger partial charge in [-0.1, -0.05) is 12.8 Å². The molecule has 19 heavy (non-hydrogen) atoms. The minimum Gasteiger partial charge on any atom is -0.359 e. The predicted molar refractivity (Wildman–Crippen MR) is 73.6 cm³/mol. The summed E-state index contributed by atoms with van der Waals surface area (Å²) in [5.41, 5.74) is -0.421. The van der Waals surface area contributed by atoms with Crippen molar-refractivity contribution in [1.29, 1.82) is 0 Å². The van der Waals surface area contributed by atoms with Crippen molar-refractivity contribution in [3.63, 3.8) is 0 Å². The lowest BCUT2D eigenvalue weighted by atomic mass is 9.89. The Balaban J connectivity index is 1.96. The second kappa shape index (κ2) is 5.90. The largest absolute Gasteiger partial charge is 0.359 e. The van der Waals surface area contributed by atoms with Gasteiger partial charge in [-0.3, -0.25) is 9.59 Å². The van der Waals surface area contributed by atoms with Crippen LogP contribution in [0.3, 0.4) is 0 Å². The van der Waals surface area contributed by atoms with Crippen LogP contribution in [0.4, 0.5) is 0 Å². The number of amides is 2. The average Bonchev–Trinajstić information content (AvgIpc) is 2.66. The van der Waals surface area contributed by atoms with Gasteiger partial charge in [0, 0.05) is 20.1 Å². The van der Waals surface area contributed by atoms with Crippen LogP contribution in [0.1, 0.15) is 39.0 Å². The summed E-state index contributed by atoms with van der Waals surface area (Å²) in [6.07, 6.45) is 5.15. The van der Waals surface area contributed by atoms with Crippen molar-refractivity contribution in [1.82, 2.24) is 15.5 Å². The first kappa shape index (κ1) is 14.3. The lowest BCUT2D eigenvalue weighted by molar-refractivity contribution is -0.134. The Hall–Kier alpha value is -1.10. The normalized spacial score (nSPS) is 31.9. The molecule has 0 aromatic rings. The molecule has 0 aromatic carbocycles. The lowest BCUT2D eigenvalue weighted by Gasteiger charge is -2.25. The molecule has 0 spiro atoms. The van der Waals surface area contributed by atoms with Crippen molar-refractivity contribution in [3.8, 4) is 0 Å². The SMILES string of the molecule is CNC(=O)C1(C)CCN(C(=O)C2CCCCCN2)C1. The molecule has 2 fully saturated rings. The second-order valence-electron chi connectivity index (χ2n) is 6.01. The molecule has 0 bridgehead atoms. The standard InChI is InChI=1S/C14H25N3O2/c1-14(13(19)15-2)7-9-17(10-14)12(18)11-6-4-3-5-8-16-11/h11,16H,3-10H2,1-2H3,(H,15,19). The van der Waals surface area contributed by atoms with Crippen molar-refractivity contribution >= 4 is 11.8 Å². The fraction of sp³-hybridized carbons (Fsp3) is 0.857. The molecular weight excluding hydrogens is 242 g/mol. The smallest absolute Gasteiger partial charge is 0.239 e. The number of hydrogen-bond acceptors (Lipinski definition) is 3. The number of likely N-dealkylation sites (tertiary alicyclic amines) is 1. The maximum absolute atomic E-state index is 12.5. The lowest BCUT2D eigenvalue weighted by Crippen LogP contribution is -2.47. The van der Waals surface area contributed by atoms with Crippen LogP contribution >= 0.6 is 0 Å². The topological polar surface area (TPSA) is 61.4 Å². The Labute approximate surface area is 115 Å². The molecule has 5 heteroatoms. The average molecular weight is 267 g/mol. The summed E-state index contributed by atoms with van der Waals surface area (Å²) < 4.78 is 0. The Bertz CT molecular complexity index is 351. The number of nitrogens with one attached hydrogen (secondary N) is 2. The Morgan fingerprint density at radius 3 is 2.84 bits per heavy atom. The number of carbonyl (C=O) groups is 2. The summed E-state index contributed by atoms with van der Waals surface area (Å²) in [6.45, 7) is 4.11. The van der Waals surface area contributed by atoms with Gasteiger partial charge in [0.15, 0.2) is 0 Å². The van der Waals surface area contributed by atoms with E-state index >= 15 is 0 Å². The molecule has 2 N–H and O–H groups in total. The van der Waals surface area contributed by atoms with E-state index in [1.54, 1.807) is 7.05 Å². The van der Waals surface area contributed by atoms with E-state index in [1.165, 1.54) is 6.42 Å². The van der Waals surface area contributed by atoms with Gasteiger partial charge < -0.3 is 15.5 Å². The van der Waals surface area contributed by atoms with E-state index in [0.717, 1.165) is 32.2 Å². The first-order valence-corrected chi connectivity index (χ1v) is 7.31. The monoisotopic (exact) mass is 267 g/mol. The van der Waals surface area contributed by atoms with Crippen LogP contribution in [0.25, 0.3) is 0 Å². The third kappa shape index (κ3) is 3.08.